The van der Waals surface area contributed by atoms with Crippen LogP contribution in [0.25, 0.3) is 0 Å². The molecule has 5 nitrogen and oxygen atoms in total. The number of nitrogens with zero attached hydrogens (tertiary/aromatic N) is 2. The molecule has 1 aromatic carbocycles. The normalized spacial score (nSPS) is 16.9. The molecule has 1 aromatic heterocycles. The summed E-state index contributed by atoms with van der Waals surface area (Å²) in [6, 6.07) is 8.69. The lowest BCUT2D eigenvalue weighted by molar-refractivity contribution is -0.136. The lowest BCUT2D eigenvalue weighted by Gasteiger charge is -2.36. The minimum Gasteiger partial charge on any atom is -0.484 e. The standard InChI is InChI=1S/C17H17Cl2N3O2.ClH/c18-13-6-14(19)8-15(7-13)24-11-17(23)22-5-4-21-10-16(22)12-2-1-3-20-9-12;/h1-3,6-9,16,21H,4-5,10-11H2;1H. The predicted octanol–water partition coefficient (Wildman–Crippen LogP) is 3.36. The van der Waals surface area contributed by atoms with Gasteiger partial charge in [-0.05, 0) is 29.8 Å². The van der Waals surface area contributed by atoms with Crippen LogP contribution in [0.5, 0.6) is 5.75 Å². The number of halogens is 3. The van der Waals surface area contributed by atoms with Crippen molar-refractivity contribution in [3.63, 3.8) is 0 Å². The average Bonchev–Trinajstić information content (AvgIpc) is 2.60. The lowest BCUT2D eigenvalue weighted by atomic mass is 10.1. The summed E-state index contributed by atoms with van der Waals surface area (Å²) in [4.78, 5) is 18.6. The number of nitrogens with one attached hydrogen (secondary N) is 1. The van der Waals surface area contributed by atoms with Gasteiger partial charge >= 0.3 is 0 Å². The Morgan fingerprint density at radius 3 is 2.76 bits per heavy atom. The van der Waals surface area contributed by atoms with Crippen molar-refractivity contribution in [1.29, 1.82) is 0 Å². The van der Waals surface area contributed by atoms with Gasteiger partial charge in [0, 0.05) is 42.1 Å². The van der Waals surface area contributed by atoms with E-state index in [4.69, 9.17) is 27.9 Å². The number of ether oxygens (including phenoxy) is 1. The van der Waals surface area contributed by atoms with Gasteiger partial charge in [0.05, 0.1) is 6.04 Å². The first kappa shape index (κ1) is 19.8. The summed E-state index contributed by atoms with van der Waals surface area (Å²) in [5.41, 5.74) is 1.00. The van der Waals surface area contributed by atoms with E-state index >= 15 is 0 Å². The maximum Gasteiger partial charge on any atom is 0.261 e. The molecular weight excluding hydrogens is 385 g/mol. The van der Waals surface area contributed by atoms with Gasteiger partial charge in [0.15, 0.2) is 6.61 Å². The van der Waals surface area contributed by atoms with E-state index < -0.39 is 0 Å². The number of amides is 1. The SMILES string of the molecule is Cl.O=C(COc1cc(Cl)cc(Cl)c1)N1CCNCC1c1cccnc1. The van der Waals surface area contributed by atoms with Crippen LogP contribution in [-0.2, 0) is 4.79 Å². The smallest absolute Gasteiger partial charge is 0.261 e. The van der Waals surface area contributed by atoms with Gasteiger partial charge in [0.2, 0.25) is 0 Å². The van der Waals surface area contributed by atoms with E-state index in [0.29, 0.717) is 28.9 Å². The molecular formula is C17H18Cl3N3O2. The zero-order valence-corrected chi connectivity index (χ0v) is 15.7. The third-order valence-corrected chi connectivity index (χ3v) is 4.27. The van der Waals surface area contributed by atoms with E-state index in [2.05, 4.69) is 10.3 Å². The molecule has 1 atom stereocenters. The second kappa shape index (κ2) is 9.25. The summed E-state index contributed by atoms with van der Waals surface area (Å²) in [6.45, 7) is 2.01. The van der Waals surface area contributed by atoms with E-state index in [1.165, 1.54) is 0 Å². The van der Waals surface area contributed by atoms with Gasteiger partial charge in [-0.15, -0.1) is 12.4 Å². The summed E-state index contributed by atoms with van der Waals surface area (Å²) in [6.07, 6.45) is 3.51. The van der Waals surface area contributed by atoms with Gasteiger partial charge < -0.3 is 15.0 Å². The van der Waals surface area contributed by atoms with Gasteiger partial charge in [-0.3, -0.25) is 9.78 Å². The second-order valence-electron chi connectivity index (χ2n) is 5.49. The zero-order valence-electron chi connectivity index (χ0n) is 13.3. The lowest BCUT2D eigenvalue weighted by Crippen LogP contribution is -2.50. The molecule has 3 rings (SSSR count). The van der Waals surface area contributed by atoms with Crippen LogP contribution in [0.1, 0.15) is 11.6 Å². The number of aromatic nitrogens is 1. The third-order valence-electron chi connectivity index (χ3n) is 3.83. The monoisotopic (exact) mass is 401 g/mol. The molecule has 0 radical (unpaired) electrons. The first-order valence-corrected chi connectivity index (χ1v) is 8.38. The molecule has 0 spiro atoms. The molecule has 25 heavy (non-hydrogen) atoms. The Kier molecular flexibility index (Phi) is 7.32. The highest BCUT2D eigenvalue weighted by Gasteiger charge is 2.28. The summed E-state index contributed by atoms with van der Waals surface area (Å²) < 4.78 is 5.57. The summed E-state index contributed by atoms with van der Waals surface area (Å²) >= 11 is 11.9. The van der Waals surface area contributed by atoms with Crippen molar-refractivity contribution in [2.75, 3.05) is 26.2 Å². The Morgan fingerprint density at radius 2 is 2.08 bits per heavy atom. The Hall–Kier alpha value is -1.53. The molecule has 134 valence electrons. The molecule has 1 unspecified atom stereocenters. The molecule has 0 saturated carbocycles. The van der Waals surface area contributed by atoms with Crippen molar-refractivity contribution in [3.8, 4) is 5.75 Å². The quantitative estimate of drug-likeness (QED) is 0.852. The molecule has 2 heterocycles. The van der Waals surface area contributed by atoms with Crippen molar-refractivity contribution in [2.24, 2.45) is 0 Å². The molecule has 1 saturated heterocycles. The van der Waals surface area contributed by atoms with Gasteiger partial charge in [-0.1, -0.05) is 29.3 Å². The fourth-order valence-corrected chi connectivity index (χ4v) is 3.22. The Morgan fingerprint density at radius 1 is 1.32 bits per heavy atom. The van der Waals surface area contributed by atoms with Crippen LogP contribution in [0, 0.1) is 0 Å². The van der Waals surface area contributed by atoms with E-state index in [9.17, 15) is 4.79 Å². The minimum absolute atomic E-state index is 0. The molecule has 1 amide bonds. The predicted molar refractivity (Wildman–Crippen MR) is 101 cm³/mol. The van der Waals surface area contributed by atoms with Crippen LogP contribution in [0.15, 0.2) is 42.7 Å². The molecule has 1 fully saturated rings. The summed E-state index contributed by atoms with van der Waals surface area (Å²) in [7, 11) is 0. The first-order valence-electron chi connectivity index (χ1n) is 7.62. The van der Waals surface area contributed by atoms with Gasteiger partial charge in [0.25, 0.3) is 5.91 Å². The maximum atomic E-state index is 12.6. The van der Waals surface area contributed by atoms with Gasteiger partial charge in [-0.2, -0.15) is 0 Å². The third kappa shape index (κ3) is 5.22. The van der Waals surface area contributed by atoms with Crippen LogP contribution in [0.2, 0.25) is 10.0 Å². The summed E-state index contributed by atoms with van der Waals surface area (Å²) in [5, 5.41) is 4.25. The number of carbonyl (C=O) groups is 1. The second-order valence-corrected chi connectivity index (χ2v) is 6.36. The van der Waals surface area contributed by atoms with E-state index in [0.717, 1.165) is 12.1 Å². The Bertz CT molecular complexity index is 695. The van der Waals surface area contributed by atoms with E-state index in [1.807, 2.05) is 17.0 Å². The number of rotatable bonds is 4. The number of benzene rings is 1. The molecule has 2 aromatic rings. The molecule has 0 aliphatic carbocycles. The van der Waals surface area contributed by atoms with Gasteiger partial charge in [0.1, 0.15) is 5.75 Å². The van der Waals surface area contributed by atoms with E-state index in [1.54, 1.807) is 30.6 Å². The highest BCUT2D eigenvalue weighted by molar-refractivity contribution is 6.34. The maximum absolute atomic E-state index is 12.6. The molecule has 1 aliphatic heterocycles. The highest BCUT2D eigenvalue weighted by Crippen LogP contribution is 2.25. The number of carbonyl (C=O) groups excluding carboxylic acids is 1. The number of hydrogen-bond acceptors (Lipinski definition) is 4. The Balaban J connectivity index is 0.00000225. The zero-order chi connectivity index (χ0) is 16.9. The largest absolute Gasteiger partial charge is 0.484 e. The number of hydrogen-bond donors (Lipinski definition) is 1. The Labute approximate surface area is 162 Å². The molecule has 1 N–H and O–H groups in total. The molecule has 8 heteroatoms. The van der Waals surface area contributed by atoms with Crippen LogP contribution in [0.4, 0.5) is 0 Å². The fraction of sp³-hybridized carbons (Fsp3) is 0.294. The van der Waals surface area contributed by atoms with Crippen molar-refractivity contribution in [2.45, 2.75) is 6.04 Å². The highest BCUT2D eigenvalue weighted by atomic mass is 35.5. The van der Waals surface area contributed by atoms with Crippen molar-refractivity contribution < 1.29 is 9.53 Å². The first-order chi connectivity index (χ1) is 11.6. The number of piperazine rings is 1. The fourth-order valence-electron chi connectivity index (χ4n) is 2.71. The van der Waals surface area contributed by atoms with Crippen LogP contribution in [0.3, 0.4) is 0 Å². The minimum atomic E-state index is -0.0820. The van der Waals surface area contributed by atoms with Crippen LogP contribution >= 0.6 is 35.6 Å². The topological polar surface area (TPSA) is 54.5 Å². The van der Waals surface area contributed by atoms with Gasteiger partial charge in [-0.25, -0.2) is 0 Å². The molecule has 1 aliphatic rings. The van der Waals surface area contributed by atoms with E-state index in [-0.39, 0.29) is 31.0 Å². The average molecular weight is 403 g/mol. The number of pyridine rings is 1. The molecule has 0 bridgehead atoms. The van der Waals surface area contributed by atoms with Crippen LogP contribution < -0.4 is 10.1 Å². The van der Waals surface area contributed by atoms with Crippen molar-refractivity contribution in [3.05, 3.63) is 58.3 Å². The summed E-state index contributed by atoms with van der Waals surface area (Å²) in [5.74, 6) is 0.398. The van der Waals surface area contributed by atoms with Crippen LogP contribution in [-0.4, -0.2) is 42.0 Å². The van der Waals surface area contributed by atoms with Crippen molar-refractivity contribution >= 4 is 41.5 Å². The van der Waals surface area contributed by atoms with Crippen molar-refractivity contribution in [1.82, 2.24) is 15.2 Å².